The first-order valence-corrected chi connectivity index (χ1v) is 12.5. The van der Waals surface area contributed by atoms with Crippen LogP contribution in [0.1, 0.15) is 44.5 Å². The molecule has 2 aromatic carbocycles. The third-order valence-electron chi connectivity index (χ3n) is 6.79. The quantitative estimate of drug-likeness (QED) is 0.350. The third-order valence-corrected chi connectivity index (χ3v) is 7.02. The number of hydrogen-bond donors (Lipinski definition) is 1. The number of ketones is 1. The number of fused-ring (bicyclic) bond motifs is 1. The normalized spacial score (nSPS) is 14.9. The predicted molar refractivity (Wildman–Crippen MR) is 141 cm³/mol. The molecular weight excluding hydrogens is 522 g/mol. The van der Waals surface area contributed by atoms with Gasteiger partial charge in [-0.25, -0.2) is 4.79 Å². The van der Waals surface area contributed by atoms with Gasteiger partial charge in [0.05, 0.1) is 16.9 Å². The van der Waals surface area contributed by atoms with Crippen molar-refractivity contribution in [3.8, 4) is 5.69 Å². The summed E-state index contributed by atoms with van der Waals surface area (Å²) in [5, 5.41) is 25.5. The van der Waals surface area contributed by atoms with Crippen LogP contribution in [0.25, 0.3) is 11.8 Å². The Balaban J connectivity index is 1.46. The van der Waals surface area contributed by atoms with E-state index in [1.807, 2.05) is 14.0 Å². The van der Waals surface area contributed by atoms with Gasteiger partial charge in [-0.3, -0.25) is 14.3 Å². The molecule has 2 aromatic heterocycles. The molecule has 1 N–H and O–H groups in total. The number of amides is 1. The zero-order chi connectivity index (χ0) is 27.7. The van der Waals surface area contributed by atoms with Crippen LogP contribution < -0.4 is 0 Å². The lowest BCUT2D eigenvalue weighted by Gasteiger charge is -2.34. The van der Waals surface area contributed by atoms with E-state index in [1.54, 1.807) is 46.0 Å². The van der Waals surface area contributed by atoms with E-state index < -0.39 is 12.0 Å². The van der Waals surface area contributed by atoms with E-state index in [2.05, 4.69) is 20.6 Å². The molecule has 0 saturated heterocycles. The molecule has 1 atom stereocenters. The van der Waals surface area contributed by atoms with Crippen LogP contribution in [-0.4, -0.2) is 64.2 Å². The fraction of sp³-hybridized carbons (Fsp3) is 0.222. The van der Waals surface area contributed by atoms with Crippen molar-refractivity contribution in [3.05, 3.63) is 93.5 Å². The largest absolute Gasteiger partial charge is 0.478 e. The van der Waals surface area contributed by atoms with Crippen molar-refractivity contribution < 1.29 is 19.5 Å². The molecule has 1 aliphatic rings. The summed E-state index contributed by atoms with van der Waals surface area (Å²) in [7, 11) is 1.81. The lowest BCUT2D eigenvalue weighted by Crippen LogP contribution is -2.43. The van der Waals surface area contributed by atoms with Gasteiger partial charge in [-0.1, -0.05) is 23.7 Å². The van der Waals surface area contributed by atoms with E-state index in [-0.39, 0.29) is 23.7 Å². The average molecular weight is 546 g/mol. The molecule has 5 rings (SSSR count). The minimum atomic E-state index is -1.04. The highest BCUT2D eigenvalue weighted by Crippen LogP contribution is 2.34. The maximum atomic E-state index is 13.7. The van der Waals surface area contributed by atoms with Gasteiger partial charge in [-0.05, 0) is 59.3 Å². The average Bonchev–Trinajstić information content (AvgIpc) is 3.55. The fourth-order valence-corrected chi connectivity index (χ4v) is 4.96. The summed E-state index contributed by atoms with van der Waals surface area (Å²) in [6.45, 7) is 2.19. The molecule has 1 amide bonds. The minimum Gasteiger partial charge on any atom is -0.478 e. The highest BCUT2D eigenvalue weighted by Gasteiger charge is 2.38. The number of tetrazole rings is 1. The first kappa shape index (κ1) is 26.0. The highest BCUT2D eigenvalue weighted by molar-refractivity contribution is 6.30. The number of benzene rings is 2. The minimum absolute atomic E-state index is 0.0313. The van der Waals surface area contributed by atoms with E-state index in [9.17, 15) is 19.5 Å². The number of aromatic nitrogens is 6. The Morgan fingerprint density at radius 2 is 1.92 bits per heavy atom. The predicted octanol–water partition coefficient (Wildman–Crippen LogP) is 3.01. The number of aryl methyl sites for hydroxylation is 1. The second-order valence-corrected chi connectivity index (χ2v) is 9.63. The lowest BCUT2D eigenvalue weighted by molar-refractivity contribution is -0.136. The zero-order valence-corrected chi connectivity index (χ0v) is 21.9. The Kier molecular flexibility index (Phi) is 7.07. The van der Waals surface area contributed by atoms with Crippen molar-refractivity contribution in [1.82, 2.24) is 34.9 Å². The lowest BCUT2D eigenvalue weighted by atomic mass is 9.90. The summed E-state index contributed by atoms with van der Waals surface area (Å²) in [4.78, 5) is 40.1. The molecule has 1 unspecified atom stereocenters. The molecule has 0 spiro atoms. The Hall–Kier alpha value is -4.64. The van der Waals surface area contributed by atoms with Gasteiger partial charge in [-0.15, -0.1) is 5.10 Å². The van der Waals surface area contributed by atoms with Crippen molar-refractivity contribution in [3.63, 3.8) is 0 Å². The van der Waals surface area contributed by atoms with Crippen LogP contribution in [0, 0.1) is 6.92 Å². The molecule has 4 aromatic rings. The number of halogens is 1. The number of carboxylic acids is 1. The van der Waals surface area contributed by atoms with E-state index in [1.165, 1.54) is 29.2 Å². The number of carbonyl (C=O) groups excluding carboxylic acids is 2. The number of hydrogen-bond acceptors (Lipinski definition) is 7. The molecule has 0 bridgehead atoms. The number of rotatable bonds is 7. The maximum Gasteiger partial charge on any atom is 0.335 e. The monoisotopic (exact) mass is 545 g/mol. The number of carbonyl (C=O) groups is 3. The fourth-order valence-electron chi connectivity index (χ4n) is 4.78. The van der Waals surface area contributed by atoms with Crippen LogP contribution in [-0.2, 0) is 29.5 Å². The van der Waals surface area contributed by atoms with Crippen molar-refractivity contribution in [1.29, 1.82) is 0 Å². The van der Waals surface area contributed by atoms with E-state index >= 15 is 0 Å². The topological polar surface area (TPSA) is 136 Å². The molecule has 39 heavy (non-hydrogen) atoms. The van der Waals surface area contributed by atoms with Crippen LogP contribution in [0.2, 0.25) is 5.02 Å². The standard InChI is InChI=1S/C27H24ClN7O4/c1-16-25-21(30-33(16)2)11-12-34(26(25)23(36)13-17-3-5-18(6-4-17)27(38)39)24(37)10-7-19-14-20(28)8-9-22(19)35-15-29-31-32-35/h3-10,14-15,26H,11-13H2,1-2H3,(H,38,39)/b10-7+. The van der Waals surface area contributed by atoms with Crippen molar-refractivity contribution in [2.75, 3.05) is 6.54 Å². The van der Waals surface area contributed by atoms with Crippen LogP contribution in [0.5, 0.6) is 0 Å². The van der Waals surface area contributed by atoms with Gasteiger partial charge in [0, 0.05) is 54.4 Å². The first-order valence-electron chi connectivity index (χ1n) is 12.1. The third kappa shape index (κ3) is 5.21. The number of carboxylic acid groups (broad SMARTS) is 1. The van der Waals surface area contributed by atoms with Gasteiger partial charge in [0.15, 0.2) is 5.78 Å². The summed E-state index contributed by atoms with van der Waals surface area (Å²) in [6, 6.07) is 10.5. The van der Waals surface area contributed by atoms with Crippen molar-refractivity contribution in [2.45, 2.75) is 25.8 Å². The molecule has 0 aliphatic carbocycles. The summed E-state index contributed by atoms with van der Waals surface area (Å²) < 4.78 is 3.19. The number of aromatic carboxylic acids is 1. The summed E-state index contributed by atoms with van der Waals surface area (Å²) in [6.07, 6.45) is 5.03. The molecule has 1 aliphatic heterocycles. The molecular formula is C27H24ClN7O4. The van der Waals surface area contributed by atoms with Crippen LogP contribution in [0.3, 0.4) is 0 Å². The molecule has 0 radical (unpaired) electrons. The van der Waals surface area contributed by atoms with Gasteiger partial charge < -0.3 is 10.0 Å². The maximum absolute atomic E-state index is 13.7. The summed E-state index contributed by atoms with van der Waals surface area (Å²) >= 11 is 6.21. The molecule has 0 saturated carbocycles. The molecule has 198 valence electrons. The number of Topliss-reactive ketones (excluding diaryl/α,β-unsaturated/α-hetero) is 1. The first-order chi connectivity index (χ1) is 18.7. The van der Waals surface area contributed by atoms with Crippen LogP contribution in [0.4, 0.5) is 0 Å². The SMILES string of the molecule is Cc1c2c(nn1C)CCN(C(=O)/C=C/c1cc(Cl)ccc1-n1cnnn1)C2C(=O)Cc1ccc(C(=O)O)cc1. The van der Waals surface area contributed by atoms with Gasteiger partial charge in [0.25, 0.3) is 0 Å². The number of nitrogens with zero attached hydrogens (tertiary/aromatic N) is 7. The van der Waals surface area contributed by atoms with Gasteiger partial charge in [-0.2, -0.15) is 9.78 Å². The molecule has 0 fully saturated rings. The van der Waals surface area contributed by atoms with Gasteiger partial charge >= 0.3 is 5.97 Å². The zero-order valence-electron chi connectivity index (χ0n) is 21.2. The summed E-state index contributed by atoms with van der Waals surface area (Å²) in [5.41, 5.74) is 4.38. The molecule has 11 nitrogen and oxygen atoms in total. The van der Waals surface area contributed by atoms with Gasteiger partial charge in [0.1, 0.15) is 12.4 Å². The van der Waals surface area contributed by atoms with Crippen molar-refractivity contribution in [2.24, 2.45) is 7.05 Å². The van der Waals surface area contributed by atoms with Gasteiger partial charge in [0.2, 0.25) is 5.91 Å². The Labute approximate surface area is 228 Å². The smallest absolute Gasteiger partial charge is 0.335 e. The van der Waals surface area contributed by atoms with E-state index in [4.69, 9.17) is 11.6 Å². The van der Waals surface area contributed by atoms with E-state index in [0.717, 1.165) is 17.0 Å². The Bertz CT molecular complexity index is 1590. The Morgan fingerprint density at radius 3 is 2.62 bits per heavy atom. The Morgan fingerprint density at radius 1 is 1.15 bits per heavy atom. The summed E-state index contributed by atoms with van der Waals surface area (Å²) in [5.74, 6) is -1.57. The van der Waals surface area contributed by atoms with Crippen LogP contribution in [0.15, 0.2) is 54.9 Å². The van der Waals surface area contributed by atoms with Crippen LogP contribution >= 0.6 is 11.6 Å². The second-order valence-electron chi connectivity index (χ2n) is 9.19. The highest BCUT2D eigenvalue weighted by atomic mass is 35.5. The van der Waals surface area contributed by atoms with E-state index in [0.29, 0.717) is 34.8 Å². The van der Waals surface area contributed by atoms with Crippen molar-refractivity contribution >= 4 is 35.3 Å². The molecule has 12 heteroatoms. The molecule has 3 heterocycles. The second kappa shape index (κ2) is 10.6.